The number of carbonyl (C=O) groups is 1. The second kappa shape index (κ2) is 6.35. The van der Waals surface area contributed by atoms with E-state index in [-0.39, 0.29) is 5.91 Å². The lowest BCUT2D eigenvalue weighted by Crippen LogP contribution is -2.17. The third kappa shape index (κ3) is 2.97. The molecule has 0 fully saturated rings. The van der Waals surface area contributed by atoms with Crippen LogP contribution in [0.25, 0.3) is 11.1 Å². The van der Waals surface area contributed by atoms with Gasteiger partial charge in [0.15, 0.2) is 5.58 Å². The van der Waals surface area contributed by atoms with Crippen molar-refractivity contribution in [3.63, 3.8) is 0 Å². The predicted octanol–water partition coefficient (Wildman–Crippen LogP) is 2.36. The van der Waals surface area contributed by atoms with Crippen LogP contribution in [-0.2, 0) is 18.4 Å². The number of para-hydroxylation sites is 2. The summed E-state index contributed by atoms with van der Waals surface area (Å²) >= 11 is 0. The van der Waals surface area contributed by atoms with Gasteiger partial charge in [0.05, 0.1) is 22.6 Å². The summed E-state index contributed by atoms with van der Waals surface area (Å²) in [4.78, 5) is 24.0. The van der Waals surface area contributed by atoms with E-state index in [1.807, 2.05) is 39.1 Å². The van der Waals surface area contributed by atoms with Crippen molar-refractivity contribution in [3.8, 4) is 0 Å². The first-order valence-electron chi connectivity index (χ1n) is 7.86. The van der Waals surface area contributed by atoms with Gasteiger partial charge in [0.1, 0.15) is 0 Å². The molecule has 7 heteroatoms. The average molecular weight is 328 g/mol. The van der Waals surface area contributed by atoms with Gasteiger partial charge < -0.3 is 9.73 Å². The highest BCUT2D eigenvalue weighted by Gasteiger charge is 2.13. The van der Waals surface area contributed by atoms with E-state index in [9.17, 15) is 9.59 Å². The van der Waals surface area contributed by atoms with Crippen LogP contribution in [0.4, 0.5) is 5.69 Å². The normalized spacial score (nSPS) is 11.1. The molecular formula is C17H20N4O3. The number of carbonyl (C=O) groups excluding carboxylic acids is 1. The van der Waals surface area contributed by atoms with Crippen molar-refractivity contribution in [1.29, 1.82) is 0 Å². The lowest BCUT2D eigenvalue weighted by Gasteiger charge is -2.06. The number of benzene rings is 1. The fourth-order valence-corrected chi connectivity index (χ4v) is 2.78. The zero-order valence-corrected chi connectivity index (χ0v) is 14.0. The molecule has 2 aromatic heterocycles. The molecule has 0 unspecified atom stereocenters. The minimum atomic E-state index is -0.393. The van der Waals surface area contributed by atoms with E-state index in [1.165, 1.54) is 0 Å². The Bertz CT molecular complexity index is 949. The number of rotatable bonds is 5. The summed E-state index contributed by atoms with van der Waals surface area (Å²) in [7, 11) is 1.84. The second-order valence-corrected chi connectivity index (χ2v) is 5.81. The van der Waals surface area contributed by atoms with E-state index in [1.54, 1.807) is 15.3 Å². The van der Waals surface area contributed by atoms with Crippen LogP contribution >= 0.6 is 0 Å². The Hall–Kier alpha value is -2.83. The van der Waals surface area contributed by atoms with Crippen molar-refractivity contribution in [1.82, 2.24) is 14.3 Å². The third-order valence-electron chi connectivity index (χ3n) is 4.13. The highest BCUT2D eigenvalue weighted by molar-refractivity contribution is 5.91. The molecule has 0 radical (unpaired) electrons. The molecule has 1 amide bonds. The molecule has 3 rings (SSSR count). The van der Waals surface area contributed by atoms with Crippen LogP contribution in [-0.4, -0.2) is 20.3 Å². The standard InChI is InChI=1S/C17H20N4O3/c1-11-16(12(2)20(3)19-11)18-15(22)9-6-10-21-13-7-4-5-8-14(13)24-17(21)23/h4-5,7-8H,6,9-10H2,1-3H3,(H,18,22). The summed E-state index contributed by atoms with van der Waals surface area (Å²) in [6, 6.07) is 7.27. The smallest absolute Gasteiger partial charge is 0.408 e. The molecular weight excluding hydrogens is 308 g/mol. The molecule has 0 saturated carbocycles. The van der Waals surface area contributed by atoms with E-state index in [0.717, 1.165) is 22.6 Å². The zero-order valence-electron chi connectivity index (χ0n) is 14.0. The van der Waals surface area contributed by atoms with Crippen molar-refractivity contribution < 1.29 is 9.21 Å². The van der Waals surface area contributed by atoms with Crippen molar-refractivity contribution in [2.24, 2.45) is 7.05 Å². The first kappa shape index (κ1) is 16.0. The predicted molar refractivity (Wildman–Crippen MR) is 91.0 cm³/mol. The molecule has 1 aromatic carbocycles. The number of aromatic nitrogens is 3. The van der Waals surface area contributed by atoms with Crippen LogP contribution in [0.2, 0.25) is 0 Å². The molecule has 0 spiro atoms. The molecule has 0 aliphatic heterocycles. The maximum atomic E-state index is 12.1. The third-order valence-corrected chi connectivity index (χ3v) is 4.13. The number of amides is 1. The Morgan fingerprint density at radius 3 is 2.75 bits per heavy atom. The second-order valence-electron chi connectivity index (χ2n) is 5.81. The SMILES string of the molecule is Cc1nn(C)c(C)c1NC(=O)CCCn1c(=O)oc2ccccc21. The summed E-state index contributed by atoms with van der Waals surface area (Å²) in [6.07, 6.45) is 0.868. The van der Waals surface area contributed by atoms with Gasteiger partial charge in [-0.1, -0.05) is 12.1 Å². The van der Waals surface area contributed by atoms with Gasteiger partial charge in [0.2, 0.25) is 5.91 Å². The molecule has 0 bridgehead atoms. The van der Waals surface area contributed by atoms with Gasteiger partial charge in [-0.05, 0) is 32.4 Å². The minimum Gasteiger partial charge on any atom is -0.408 e. The number of nitrogens with zero attached hydrogens (tertiary/aromatic N) is 3. The number of hydrogen-bond acceptors (Lipinski definition) is 4. The summed E-state index contributed by atoms with van der Waals surface area (Å²) in [5.74, 6) is -0.481. The van der Waals surface area contributed by atoms with Crippen LogP contribution in [0.1, 0.15) is 24.2 Å². The van der Waals surface area contributed by atoms with Crippen molar-refractivity contribution >= 4 is 22.7 Å². The first-order valence-corrected chi connectivity index (χ1v) is 7.86. The molecule has 0 saturated heterocycles. The lowest BCUT2D eigenvalue weighted by molar-refractivity contribution is -0.116. The monoisotopic (exact) mass is 328 g/mol. The number of anilines is 1. The van der Waals surface area contributed by atoms with Gasteiger partial charge in [-0.2, -0.15) is 5.10 Å². The van der Waals surface area contributed by atoms with Crippen LogP contribution in [0.5, 0.6) is 0 Å². The van der Waals surface area contributed by atoms with Crippen molar-refractivity contribution in [2.45, 2.75) is 33.2 Å². The van der Waals surface area contributed by atoms with Gasteiger partial charge in [0, 0.05) is 20.0 Å². The zero-order chi connectivity index (χ0) is 17.3. The summed E-state index contributed by atoms with van der Waals surface area (Å²) < 4.78 is 8.48. The molecule has 0 aliphatic rings. The Labute approximate surface area is 138 Å². The van der Waals surface area contributed by atoms with Gasteiger partial charge in [0.25, 0.3) is 0 Å². The number of nitrogens with one attached hydrogen (secondary N) is 1. The topological polar surface area (TPSA) is 82.1 Å². The quantitative estimate of drug-likeness (QED) is 0.779. The maximum Gasteiger partial charge on any atom is 0.419 e. The molecule has 3 aromatic rings. The van der Waals surface area contributed by atoms with E-state index in [0.29, 0.717) is 25.0 Å². The molecule has 0 aliphatic carbocycles. The van der Waals surface area contributed by atoms with Gasteiger partial charge in [-0.15, -0.1) is 0 Å². The molecule has 1 N–H and O–H groups in total. The summed E-state index contributed by atoms with van der Waals surface area (Å²) in [6.45, 7) is 4.21. The molecule has 24 heavy (non-hydrogen) atoms. The first-order chi connectivity index (χ1) is 11.5. The minimum absolute atomic E-state index is 0.0879. The van der Waals surface area contributed by atoms with E-state index in [4.69, 9.17) is 4.42 Å². The van der Waals surface area contributed by atoms with Crippen molar-refractivity contribution in [2.75, 3.05) is 5.32 Å². The number of aryl methyl sites for hydroxylation is 3. The van der Waals surface area contributed by atoms with Crippen LogP contribution in [0.3, 0.4) is 0 Å². The van der Waals surface area contributed by atoms with E-state index in [2.05, 4.69) is 10.4 Å². The lowest BCUT2D eigenvalue weighted by atomic mass is 10.2. The van der Waals surface area contributed by atoms with Crippen LogP contribution in [0.15, 0.2) is 33.5 Å². The summed E-state index contributed by atoms with van der Waals surface area (Å²) in [5.41, 5.74) is 3.78. The Kier molecular flexibility index (Phi) is 4.24. The number of fused-ring (bicyclic) bond motifs is 1. The maximum absolute atomic E-state index is 12.1. The van der Waals surface area contributed by atoms with E-state index >= 15 is 0 Å². The molecule has 0 atom stereocenters. The van der Waals surface area contributed by atoms with E-state index < -0.39 is 5.76 Å². The molecule has 7 nitrogen and oxygen atoms in total. The van der Waals surface area contributed by atoms with Gasteiger partial charge in [-0.3, -0.25) is 14.0 Å². The highest BCUT2D eigenvalue weighted by atomic mass is 16.4. The number of oxazole rings is 1. The molecule has 2 heterocycles. The molecule has 126 valence electrons. The van der Waals surface area contributed by atoms with Gasteiger partial charge in [-0.25, -0.2) is 4.79 Å². The number of hydrogen-bond donors (Lipinski definition) is 1. The Morgan fingerprint density at radius 2 is 2.04 bits per heavy atom. The van der Waals surface area contributed by atoms with Crippen LogP contribution < -0.4 is 11.1 Å². The van der Waals surface area contributed by atoms with Crippen molar-refractivity contribution in [3.05, 3.63) is 46.2 Å². The fraction of sp³-hybridized carbons (Fsp3) is 0.353. The van der Waals surface area contributed by atoms with Crippen LogP contribution in [0, 0.1) is 13.8 Å². The summed E-state index contributed by atoms with van der Waals surface area (Å²) in [5, 5.41) is 7.17. The Balaban J connectivity index is 1.63. The highest BCUT2D eigenvalue weighted by Crippen LogP contribution is 2.19. The average Bonchev–Trinajstić information content (AvgIpc) is 2.98. The van der Waals surface area contributed by atoms with Gasteiger partial charge >= 0.3 is 5.76 Å². The largest absolute Gasteiger partial charge is 0.419 e. The Morgan fingerprint density at radius 1 is 1.29 bits per heavy atom. The fourth-order valence-electron chi connectivity index (χ4n) is 2.78.